The minimum absolute atomic E-state index is 0.423. The van der Waals surface area contributed by atoms with Gasteiger partial charge in [0.25, 0.3) is 0 Å². The van der Waals surface area contributed by atoms with Crippen LogP contribution in [0, 0.1) is 0 Å². The molecule has 0 radical (unpaired) electrons. The van der Waals surface area contributed by atoms with Gasteiger partial charge in [-0.25, -0.2) is 29.9 Å². The van der Waals surface area contributed by atoms with Crippen LogP contribution in [0.5, 0.6) is 0 Å². The molecule has 4 saturated heterocycles. The maximum Gasteiger partial charge on any atom is 0.225 e. The zero-order valence-corrected chi connectivity index (χ0v) is 82.7. The summed E-state index contributed by atoms with van der Waals surface area (Å²) in [5.41, 5.74) is 28.5. The Morgan fingerprint density at radius 2 is 0.471 bits per heavy atom. The van der Waals surface area contributed by atoms with Crippen molar-refractivity contribution in [3.05, 3.63) is 321 Å². The molecule has 140 heavy (non-hydrogen) atoms. The lowest BCUT2D eigenvalue weighted by atomic mass is 9.89. The summed E-state index contributed by atoms with van der Waals surface area (Å²) >= 11 is 0. The highest BCUT2D eigenvalue weighted by atomic mass is 15.3. The summed E-state index contributed by atoms with van der Waals surface area (Å²) in [5.74, 6) is 3.86. The summed E-state index contributed by atoms with van der Waals surface area (Å²) in [7, 11) is 9.13. The third-order valence-corrected chi connectivity index (χ3v) is 32.0. The van der Waals surface area contributed by atoms with Gasteiger partial charge in [-0.15, -0.1) is 0 Å². The fraction of sp³-hybridized carbons (Fsp3) is 0.456. The van der Waals surface area contributed by atoms with Gasteiger partial charge in [-0.1, -0.05) is 84.9 Å². The van der Waals surface area contributed by atoms with Crippen LogP contribution in [0.1, 0.15) is 165 Å². The molecule has 26 heteroatoms. The zero-order valence-electron chi connectivity index (χ0n) is 82.7. The lowest BCUT2D eigenvalue weighted by Crippen LogP contribution is -2.48. The summed E-state index contributed by atoms with van der Waals surface area (Å²) in [6, 6.07) is 64.4. The molecule has 8 aromatic heterocycles. The third-order valence-electron chi connectivity index (χ3n) is 32.0. The Hall–Kier alpha value is -12.0. The number of hydrogen-bond donors (Lipinski definition) is 4. The van der Waals surface area contributed by atoms with Crippen molar-refractivity contribution >= 4 is 46.3 Å². The van der Waals surface area contributed by atoms with Crippen molar-refractivity contribution in [2.45, 2.75) is 177 Å². The number of anilines is 8. The highest BCUT2D eigenvalue weighted by molar-refractivity contribution is 5.64. The molecule has 12 aliphatic rings. The van der Waals surface area contributed by atoms with Crippen molar-refractivity contribution in [1.29, 1.82) is 0 Å². The molecule has 8 atom stereocenters. The van der Waals surface area contributed by atoms with Gasteiger partial charge in [0.1, 0.15) is 11.6 Å². The van der Waals surface area contributed by atoms with Gasteiger partial charge in [0.05, 0.1) is 46.9 Å². The molecule has 0 amide bonds. The molecule has 16 heterocycles. The molecule has 728 valence electrons. The molecule has 24 rings (SSSR count). The minimum Gasteiger partial charge on any atom is -0.368 e. The van der Waals surface area contributed by atoms with Crippen molar-refractivity contribution < 1.29 is 0 Å². The number of nitrogens with one attached hydrogen (secondary N) is 4. The normalized spacial score (nSPS) is 22.1. The number of rotatable bonds is 20. The summed E-state index contributed by atoms with van der Waals surface area (Å²) in [4.78, 5) is 75.8. The largest absolute Gasteiger partial charge is 0.368 e. The maximum atomic E-state index is 4.78. The van der Waals surface area contributed by atoms with E-state index >= 15 is 0 Å². The SMILES string of the molecule is CN(C[C@@H]1Cc2c(cccc2N2CCN(c3ccccn3)CC2)CN1)[C@H]1CCCc2cccnc21.CN(C[C@@H]1Cc2c(cccc2N2CCN(c3ncccn3)CC2)CN1)[C@H]1CCCc2cccnc21.CN(C[C@H]1Cc2c(cccc2N2CCN(c3ccccn3)CC2)CN1)[C@H]1CCCc2cccnc21.CN(C[C@H]1Cc2c(cccc2N2CCN(c3ncccn3)CC2)CN1)[C@H]1CCCc2cccnc21. The molecular weight excluding hydrogens is 1730 g/mol. The van der Waals surface area contributed by atoms with Gasteiger partial charge >= 0.3 is 0 Å². The molecular formula is C114H142N26. The summed E-state index contributed by atoms with van der Waals surface area (Å²) in [5, 5.41) is 15.3. The van der Waals surface area contributed by atoms with Crippen LogP contribution < -0.4 is 60.5 Å². The average Bonchev–Trinajstić information content (AvgIpc) is 0.750. The number of piperazine rings is 4. The van der Waals surface area contributed by atoms with E-state index in [0.29, 0.717) is 48.3 Å². The van der Waals surface area contributed by atoms with Crippen molar-refractivity contribution in [1.82, 2.24) is 90.7 Å². The minimum atomic E-state index is 0.423. The molecule has 4 fully saturated rings. The first kappa shape index (κ1) is 94.3. The van der Waals surface area contributed by atoms with E-state index in [2.05, 4.69) is 284 Å². The number of nitrogens with zero attached hydrogens (tertiary/aromatic N) is 22. The molecule has 0 saturated carbocycles. The van der Waals surface area contributed by atoms with E-state index in [9.17, 15) is 0 Å². The summed E-state index contributed by atoms with van der Waals surface area (Å²) in [6.07, 6.45) is 37.7. The maximum absolute atomic E-state index is 4.78. The van der Waals surface area contributed by atoms with E-state index in [1.807, 2.05) is 86.2 Å². The van der Waals surface area contributed by atoms with Crippen LogP contribution in [0.15, 0.2) is 232 Å². The van der Waals surface area contributed by atoms with Crippen LogP contribution in [0.4, 0.5) is 46.3 Å². The molecule has 4 N–H and O–H groups in total. The first-order chi connectivity index (χ1) is 69.0. The number of aromatic nitrogens is 10. The second-order valence-electron chi connectivity index (χ2n) is 40.7. The van der Waals surface area contributed by atoms with Crippen molar-refractivity contribution in [3.63, 3.8) is 0 Å². The quantitative estimate of drug-likeness (QED) is 0.0558. The molecule has 26 nitrogen and oxygen atoms in total. The number of benzene rings is 4. The summed E-state index contributed by atoms with van der Waals surface area (Å²) in [6.45, 7) is 23.9. The number of aryl methyl sites for hydroxylation is 4. The van der Waals surface area contributed by atoms with Crippen LogP contribution in [-0.4, -0.2) is 253 Å². The fourth-order valence-electron chi connectivity index (χ4n) is 24.7. The van der Waals surface area contributed by atoms with Gasteiger partial charge in [-0.3, -0.25) is 39.5 Å². The van der Waals surface area contributed by atoms with Crippen LogP contribution in [0.2, 0.25) is 0 Å². The lowest BCUT2D eigenvalue weighted by molar-refractivity contribution is 0.191. The second-order valence-corrected chi connectivity index (χ2v) is 40.7. The number of pyridine rings is 6. The van der Waals surface area contributed by atoms with Gasteiger partial charge in [0, 0.05) is 266 Å². The van der Waals surface area contributed by atoms with E-state index < -0.39 is 0 Å². The van der Waals surface area contributed by atoms with Gasteiger partial charge in [0.2, 0.25) is 11.9 Å². The molecule has 4 aromatic carbocycles. The highest BCUT2D eigenvalue weighted by Gasteiger charge is 2.38. The topological polar surface area (TPSA) is 216 Å². The Kier molecular flexibility index (Phi) is 30.2. The van der Waals surface area contributed by atoms with E-state index in [4.69, 9.17) is 19.9 Å². The Morgan fingerprint density at radius 3 is 0.729 bits per heavy atom. The van der Waals surface area contributed by atoms with E-state index in [1.165, 1.54) is 176 Å². The van der Waals surface area contributed by atoms with Crippen molar-refractivity contribution in [2.75, 3.05) is 198 Å². The molecule has 12 aromatic rings. The fourth-order valence-corrected chi connectivity index (χ4v) is 24.7. The van der Waals surface area contributed by atoms with Gasteiger partial charge < -0.3 is 60.5 Å². The lowest BCUT2D eigenvalue weighted by Gasteiger charge is -2.40. The van der Waals surface area contributed by atoms with Crippen molar-refractivity contribution in [2.24, 2.45) is 0 Å². The van der Waals surface area contributed by atoms with Crippen LogP contribution in [0.3, 0.4) is 0 Å². The molecule has 0 unspecified atom stereocenters. The monoisotopic (exact) mass is 1880 g/mol. The number of likely N-dealkylation sites (N-methyl/N-ethyl adjacent to an activating group) is 4. The van der Waals surface area contributed by atoms with Crippen molar-refractivity contribution in [3.8, 4) is 0 Å². The molecule has 0 spiro atoms. The summed E-state index contributed by atoms with van der Waals surface area (Å²) < 4.78 is 0. The van der Waals surface area contributed by atoms with Crippen LogP contribution in [-0.2, 0) is 77.5 Å². The van der Waals surface area contributed by atoms with E-state index in [1.54, 1.807) is 0 Å². The zero-order chi connectivity index (χ0) is 94.5. The smallest absolute Gasteiger partial charge is 0.225 e. The van der Waals surface area contributed by atoms with Crippen LogP contribution >= 0.6 is 0 Å². The Bertz CT molecular complexity index is 5300. The van der Waals surface area contributed by atoms with Gasteiger partial charge in [-0.05, 0) is 283 Å². The standard InChI is InChI=1S/2C29H36N6.2C28H35N7/c2*1-33(27-11-4-7-22-9-6-14-31-29(22)27)21-24-19-25-23(20-32-24)8-5-10-26(25)34-15-17-35(18-16-34)28-12-2-3-13-30-28;2*1-33(26-10-2-6-21-8-4-11-29-27(21)26)20-23-18-24-22(19-32-23)7-3-9-25(24)34-14-16-35(17-15-34)28-30-12-5-13-31-28/h2*2-3,5-6,8-10,12-14,24,27,32H,4,7,11,15-21H2,1H3;2*3-5,7-9,11-13,23,26,32H,2,6,10,14-20H2,1H3/t24-,27+;24-,27-;23-,26+;23-,26-/m1010/s1. The molecule has 8 aliphatic heterocycles. The van der Waals surface area contributed by atoms with E-state index in [0.717, 1.165) is 219 Å². The Labute approximate surface area is 828 Å². The molecule has 0 bridgehead atoms. The number of fused-ring (bicyclic) bond motifs is 8. The predicted molar refractivity (Wildman–Crippen MR) is 564 cm³/mol. The third kappa shape index (κ3) is 21.9. The number of hydrogen-bond acceptors (Lipinski definition) is 26. The predicted octanol–water partition coefficient (Wildman–Crippen LogP) is 14.1. The van der Waals surface area contributed by atoms with Crippen LogP contribution in [0.25, 0.3) is 0 Å². The second kappa shape index (κ2) is 44.9. The highest BCUT2D eigenvalue weighted by Crippen LogP contribution is 2.42. The molecule has 4 aliphatic carbocycles. The average molecular weight is 1880 g/mol. The Balaban J connectivity index is 0.000000111. The first-order valence-electron chi connectivity index (χ1n) is 52.3. The van der Waals surface area contributed by atoms with E-state index in [-0.39, 0.29) is 0 Å². The Morgan fingerprint density at radius 1 is 0.236 bits per heavy atom. The van der Waals surface area contributed by atoms with Gasteiger partial charge in [-0.2, -0.15) is 0 Å². The first-order valence-corrected chi connectivity index (χ1v) is 52.3. The van der Waals surface area contributed by atoms with Gasteiger partial charge in [0.15, 0.2) is 0 Å².